The number of rotatable bonds is 2. The van der Waals surface area contributed by atoms with Gasteiger partial charge in [-0.25, -0.2) is 13.8 Å². The Hall–Kier alpha value is -0.760. The summed E-state index contributed by atoms with van der Waals surface area (Å²) in [6.45, 7) is -0.759. The predicted molar refractivity (Wildman–Crippen MR) is 47.8 cm³/mol. The first-order chi connectivity index (χ1) is 7.27. The van der Waals surface area contributed by atoms with Crippen molar-refractivity contribution in [2.75, 3.05) is 0 Å². The fourth-order valence-electron chi connectivity index (χ4n) is 1.10. The Morgan fingerprint density at radius 1 is 1.38 bits per heavy atom. The molecule has 1 aromatic rings. The minimum Gasteiger partial charge on any atom is -0.390 e. The molecule has 1 aromatic heterocycles. The van der Waals surface area contributed by atoms with Crippen molar-refractivity contribution in [1.29, 1.82) is 0 Å². The van der Waals surface area contributed by atoms with E-state index in [1.807, 2.05) is 0 Å². The standard InChI is InChI=1S/C8H5BrF5NO/c9-6-5(7(10)11)4(8(12,13)14)1-3(2-16)15-6/h1,7,16H,2H2. The van der Waals surface area contributed by atoms with E-state index in [-0.39, 0.29) is 5.69 Å². The lowest BCUT2D eigenvalue weighted by Crippen LogP contribution is -2.12. The van der Waals surface area contributed by atoms with Crippen molar-refractivity contribution in [3.05, 3.63) is 27.5 Å². The number of alkyl halides is 5. The van der Waals surface area contributed by atoms with E-state index in [9.17, 15) is 22.0 Å². The van der Waals surface area contributed by atoms with Gasteiger partial charge >= 0.3 is 6.18 Å². The summed E-state index contributed by atoms with van der Waals surface area (Å²) in [7, 11) is 0. The molecule has 0 spiro atoms. The lowest BCUT2D eigenvalue weighted by Gasteiger charge is -2.14. The van der Waals surface area contributed by atoms with E-state index in [1.54, 1.807) is 0 Å². The predicted octanol–water partition coefficient (Wildman–Crippen LogP) is 3.29. The van der Waals surface area contributed by atoms with Gasteiger partial charge in [-0.1, -0.05) is 0 Å². The third-order valence-electron chi connectivity index (χ3n) is 1.75. The zero-order valence-corrected chi connectivity index (χ0v) is 9.11. The first-order valence-corrected chi connectivity index (χ1v) is 4.72. The lowest BCUT2D eigenvalue weighted by molar-refractivity contribution is -0.139. The van der Waals surface area contributed by atoms with Crippen LogP contribution in [0.3, 0.4) is 0 Å². The van der Waals surface area contributed by atoms with Gasteiger partial charge in [0.1, 0.15) is 4.60 Å². The molecule has 0 saturated heterocycles. The number of halogens is 6. The Bertz CT molecular complexity index is 393. The molecule has 0 unspecified atom stereocenters. The van der Waals surface area contributed by atoms with Crippen LogP contribution in [0.4, 0.5) is 22.0 Å². The van der Waals surface area contributed by atoms with Gasteiger partial charge in [-0.3, -0.25) is 0 Å². The fourth-order valence-corrected chi connectivity index (χ4v) is 1.71. The second-order valence-corrected chi connectivity index (χ2v) is 3.57. The van der Waals surface area contributed by atoms with Gasteiger partial charge in [0.2, 0.25) is 0 Å². The highest BCUT2D eigenvalue weighted by Gasteiger charge is 2.37. The summed E-state index contributed by atoms with van der Waals surface area (Å²) < 4.78 is 61.6. The van der Waals surface area contributed by atoms with Crippen LogP contribution in [0.1, 0.15) is 23.2 Å². The summed E-state index contributed by atoms with van der Waals surface area (Å²) in [5, 5.41) is 8.64. The number of aliphatic hydroxyl groups is 1. The first kappa shape index (κ1) is 13.3. The zero-order chi connectivity index (χ0) is 12.5. The molecule has 0 amide bonds. The molecular formula is C8H5BrF5NO. The van der Waals surface area contributed by atoms with Crippen molar-refractivity contribution < 1.29 is 27.1 Å². The average molecular weight is 306 g/mol. The zero-order valence-electron chi connectivity index (χ0n) is 7.52. The van der Waals surface area contributed by atoms with Gasteiger partial charge < -0.3 is 5.11 Å². The number of aromatic nitrogens is 1. The van der Waals surface area contributed by atoms with E-state index in [0.29, 0.717) is 6.07 Å². The third-order valence-corrected chi connectivity index (χ3v) is 2.36. The number of aliphatic hydroxyl groups excluding tert-OH is 1. The summed E-state index contributed by atoms with van der Waals surface area (Å²) in [5.74, 6) is 0. The molecule has 2 nitrogen and oxygen atoms in total. The second-order valence-electron chi connectivity index (χ2n) is 2.82. The first-order valence-electron chi connectivity index (χ1n) is 3.93. The van der Waals surface area contributed by atoms with Crippen LogP contribution in [0.5, 0.6) is 0 Å². The van der Waals surface area contributed by atoms with Crippen LogP contribution in [0.25, 0.3) is 0 Å². The van der Waals surface area contributed by atoms with Crippen LogP contribution in [0, 0.1) is 0 Å². The topological polar surface area (TPSA) is 33.1 Å². The SMILES string of the molecule is OCc1cc(C(F)(F)F)c(C(F)F)c(Br)n1. The molecule has 16 heavy (non-hydrogen) atoms. The molecule has 8 heteroatoms. The van der Waals surface area contributed by atoms with Gasteiger partial charge in [-0.05, 0) is 22.0 Å². The smallest absolute Gasteiger partial charge is 0.390 e. The molecule has 0 radical (unpaired) electrons. The highest BCUT2D eigenvalue weighted by molar-refractivity contribution is 9.10. The molecule has 0 aliphatic heterocycles. The number of pyridine rings is 1. The van der Waals surface area contributed by atoms with Crippen molar-refractivity contribution in [2.24, 2.45) is 0 Å². The van der Waals surface area contributed by atoms with E-state index in [0.717, 1.165) is 0 Å². The summed E-state index contributed by atoms with van der Waals surface area (Å²) in [6.07, 6.45) is -8.22. The molecule has 90 valence electrons. The maximum atomic E-state index is 12.4. The fraction of sp³-hybridized carbons (Fsp3) is 0.375. The van der Waals surface area contributed by atoms with Crippen molar-refractivity contribution in [3.8, 4) is 0 Å². The van der Waals surface area contributed by atoms with E-state index in [1.165, 1.54) is 0 Å². The van der Waals surface area contributed by atoms with E-state index < -0.39 is 34.9 Å². The molecule has 0 aliphatic carbocycles. The van der Waals surface area contributed by atoms with Crippen molar-refractivity contribution in [2.45, 2.75) is 19.2 Å². The largest absolute Gasteiger partial charge is 0.417 e. The Morgan fingerprint density at radius 3 is 2.31 bits per heavy atom. The van der Waals surface area contributed by atoms with E-state index in [2.05, 4.69) is 20.9 Å². The summed E-state index contributed by atoms with van der Waals surface area (Å²) in [4.78, 5) is 3.37. The molecule has 1 N–H and O–H groups in total. The minimum atomic E-state index is -4.92. The van der Waals surface area contributed by atoms with Crippen LogP contribution >= 0.6 is 15.9 Å². The third kappa shape index (κ3) is 2.67. The molecule has 0 aromatic carbocycles. The van der Waals surface area contributed by atoms with Gasteiger partial charge in [0.05, 0.1) is 23.4 Å². The van der Waals surface area contributed by atoms with Crippen LogP contribution < -0.4 is 0 Å². The quantitative estimate of drug-likeness (QED) is 0.672. The van der Waals surface area contributed by atoms with Crippen LogP contribution in [0.2, 0.25) is 0 Å². The summed E-state index contributed by atoms with van der Waals surface area (Å²) in [5.41, 5.74) is -3.04. The van der Waals surface area contributed by atoms with Gasteiger partial charge in [0.25, 0.3) is 6.43 Å². The summed E-state index contributed by atoms with van der Waals surface area (Å²) in [6, 6.07) is 0.409. The van der Waals surface area contributed by atoms with Gasteiger partial charge in [0, 0.05) is 0 Å². The number of hydrogen-bond acceptors (Lipinski definition) is 2. The average Bonchev–Trinajstić information content (AvgIpc) is 2.14. The van der Waals surface area contributed by atoms with E-state index >= 15 is 0 Å². The Balaban J connectivity index is 3.47. The number of nitrogens with zero attached hydrogens (tertiary/aromatic N) is 1. The maximum Gasteiger partial charge on any atom is 0.417 e. The molecule has 0 saturated carbocycles. The Kier molecular flexibility index (Phi) is 3.84. The Labute approximate surface area is 95.2 Å². The van der Waals surface area contributed by atoms with Crippen molar-refractivity contribution in [1.82, 2.24) is 4.98 Å². The van der Waals surface area contributed by atoms with Crippen LogP contribution in [-0.4, -0.2) is 10.1 Å². The lowest BCUT2D eigenvalue weighted by atomic mass is 10.1. The van der Waals surface area contributed by atoms with Crippen LogP contribution in [-0.2, 0) is 12.8 Å². The highest BCUT2D eigenvalue weighted by atomic mass is 79.9. The van der Waals surface area contributed by atoms with Gasteiger partial charge in [-0.15, -0.1) is 0 Å². The molecular weight excluding hydrogens is 301 g/mol. The van der Waals surface area contributed by atoms with Crippen molar-refractivity contribution in [3.63, 3.8) is 0 Å². The molecule has 0 atom stereocenters. The molecule has 1 heterocycles. The molecule has 0 bridgehead atoms. The van der Waals surface area contributed by atoms with Gasteiger partial charge in [0.15, 0.2) is 0 Å². The van der Waals surface area contributed by atoms with Gasteiger partial charge in [-0.2, -0.15) is 13.2 Å². The van der Waals surface area contributed by atoms with Crippen molar-refractivity contribution >= 4 is 15.9 Å². The minimum absolute atomic E-state index is 0.330. The van der Waals surface area contributed by atoms with E-state index in [4.69, 9.17) is 5.11 Å². The second kappa shape index (κ2) is 4.62. The maximum absolute atomic E-state index is 12.4. The normalized spacial score (nSPS) is 12.2. The Morgan fingerprint density at radius 2 is 1.94 bits per heavy atom. The molecule has 1 rings (SSSR count). The molecule has 0 fully saturated rings. The molecule has 0 aliphatic rings. The summed E-state index contributed by atoms with van der Waals surface area (Å²) >= 11 is 2.53. The van der Waals surface area contributed by atoms with Crippen LogP contribution in [0.15, 0.2) is 10.7 Å². The number of hydrogen-bond donors (Lipinski definition) is 1. The monoisotopic (exact) mass is 305 g/mol. The highest BCUT2D eigenvalue weighted by Crippen LogP contribution is 2.39.